The summed E-state index contributed by atoms with van der Waals surface area (Å²) in [4.78, 5) is 16.9. The Bertz CT molecular complexity index is 1140. The van der Waals surface area contributed by atoms with Crippen molar-refractivity contribution in [3.8, 4) is 34.3 Å². The maximum absolute atomic E-state index is 12.9. The summed E-state index contributed by atoms with van der Waals surface area (Å²) < 4.78 is 21.8. The van der Waals surface area contributed by atoms with Gasteiger partial charge in [0, 0.05) is 37.8 Å². The number of piperazine rings is 1. The highest BCUT2D eigenvalue weighted by Crippen LogP contribution is 2.35. The second-order valence-electron chi connectivity index (χ2n) is 8.09. The zero-order valence-corrected chi connectivity index (χ0v) is 19.1. The fraction of sp³-hybridized carbons (Fsp3) is 0.320. The molecule has 1 amide bonds. The molecule has 3 aromatic rings. The van der Waals surface area contributed by atoms with E-state index in [0.29, 0.717) is 43.4 Å². The van der Waals surface area contributed by atoms with Gasteiger partial charge in [-0.25, -0.2) is 0 Å². The van der Waals surface area contributed by atoms with Gasteiger partial charge in [0.2, 0.25) is 6.79 Å². The number of ether oxygens (including phenoxy) is 4. The van der Waals surface area contributed by atoms with Crippen molar-refractivity contribution in [3.63, 3.8) is 0 Å². The van der Waals surface area contributed by atoms with E-state index in [1.807, 2.05) is 41.3 Å². The predicted molar refractivity (Wildman–Crippen MR) is 125 cm³/mol. The molecule has 9 heteroatoms. The molecule has 1 aromatic heterocycles. The van der Waals surface area contributed by atoms with Gasteiger partial charge in [-0.2, -0.15) is 0 Å². The van der Waals surface area contributed by atoms with E-state index in [9.17, 15) is 4.79 Å². The fourth-order valence-electron chi connectivity index (χ4n) is 4.03. The zero-order chi connectivity index (χ0) is 23.5. The van der Waals surface area contributed by atoms with Crippen molar-refractivity contribution in [1.29, 1.82) is 0 Å². The smallest absolute Gasteiger partial charge is 0.263 e. The number of anilines is 1. The highest BCUT2D eigenvalue weighted by Gasteiger charge is 2.27. The number of hydrogen-bond acceptors (Lipinski definition) is 8. The van der Waals surface area contributed by atoms with E-state index >= 15 is 0 Å². The van der Waals surface area contributed by atoms with Gasteiger partial charge in [-0.15, -0.1) is 10.2 Å². The molecule has 0 radical (unpaired) electrons. The second-order valence-corrected chi connectivity index (χ2v) is 8.09. The standard InChI is InChI=1S/C25H26N4O5/c1-17(34-20-7-9-22-23(15-20)33-16-32-22)25(30)29-13-11-28(12-14-29)24-10-8-21(26-27-24)18-3-5-19(31-2)6-4-18/h3-10,15,17H,11-14,16H2,1-2H3. The predicted octanol–water partition coefficient (Wildman–Crippen LogP) is 3.00. The number of amides is 1. The molecular weight excluding hydrogens is 436 g/mol. The van der Waals surface area contributed by atoms with Crippen LogP contribution >= 0.6 is 0 Å². The van der Waals surface area contributed by atoms with Crippen LogP contribution in [0.2, 0.25) is 0 Å². The van der Waals surface area contributed by atoms with Gasteiger partial charge in [-0.05, 0) is 55.5 Å². The van der Waals surface area contributed by atoms with Gasteiger partial charge in [-0.1, -0.05) is 0 Å². The van der Waals surface area contributed by atoms with Gasteiger partial charge in [0.1, 0.15) is 11.5 Å². The van der Waals surface area contributed by atoms with Crippen LogP contribution in [0, 0.1) is 0 Å². The molecule has 176 valence electrons. The monoisotopic (exact) mass is 462 g/mol. The van der Waals surface area contributed by atoms with E-state index in [2.05, 4.69) is 15.1 Å². The number of aromatic nitrogens is 2. The maximum Gasteiger partial charge on any atom is 0.263 e. The van der Waals surface area contributed by atoms with Gasteiger partial charge in [0.25, 0.3) is 5.91 Å². The fourth-order valence-corrected chi connectivity index (χ4v) is 4.03. The third-order valence-electron chi connectivity index (χ3n) is 5.96. The number of carbonyl (C=O) groups is 1. The molecule has 3 heterocycles. The lowest BCUT2D eigenvalue weighted by atomic mass is 10.1. The Morgan fingerprint density at radius 2 is 1.65 bits per heavy atom. The molecule has 2 aliphatic rings. The molecule has 1 fully saturated rings. The Morgan fingerprint density at radius 3 is 2.35 bits per heavy atom. The lowest BCUT2D eigenvalue weighted by molar-refractivity contribution is -0.138. The normalized spacial score (nSPS) is 15.7. The lowest BCUT2D eigenvalue weighted by Crippen LogP contribution is -2.52. The third kappa shape index (κ3) is 4.54. The van der Waals surface area contributed by atoms with E-state index in [-0.39, 0.29) is 12.7 Å². The molecule has 1 unspecified atom stereocenters. The van der Waals surface area contributed by atoms with Gasteiger partial charge >= 0.3 is 0 Å². The van der Waals surface area contributed by atoms with Crippen molar-refractivity contribution in [3.05, 3.63) is 54.6 Å². The number of nitrogens with zero attached hydrogens (tertiary/aromatic N) is 4. The summed E-state index contributed by atoms with van der Waals surface area (Å²) in [5, 5.41) is 8.79. The molecule has 34 heavy (non-hydrogen) atoms. The van der Waals surface area contributed by atoms with Gasteiger partial charge in [0.05, 0.1) is 12.8 Å². The minimum atomic E-state index is -0.601. The van der Waals surface area contributed by atoms with Gasteiger partial charge in [-0.3, -0.25) is 4.79 Å². The largest absolute Gasteiger partial charge is 0.497 e. The first-order valence-corrected chi connectivity index (χ1v) is 11.2. The van der Waals surface area contributed by atoms with Crippen LogP contribution in [0.4, 0.5) is 5.82 Å². The lowest BCUT2D eigenvalue weighted by Gasteiger charge is -2.36. The second kappa shape index (κ2) is 9.46. The van der Waals surface area contributed by atoms with Gasteiger partial charge in [0.15, 0.2) is 23.4 Å². The Morgan fingerprint density at radius 1 is 0.912 bits per heavy atom. The Labute approximate surface area is 197 Å². The third-order valence-corrected chi connectivity index (χ3v) is 5.96. The first-order valence-electron chi connectivity index (χ1n) is 11.2. The summed E-state index contributed by atoms with van der Waals surface area (Å²) in [7, 11) is 1.64. The van der Waals surface area contributed by atoms with Crippen molar-refractivity contribution < 1.29 is 23.7 Å². The average molecular weight is 463 g/mol. The maximum atomic E-state index is 12.9. The number of fused-ring (bicyclic) bond motifs is 1. The molecule has 1 saturated heterocycles. The molecule has 0 bridgehead atoms. The number of carbonyl (C=O) groups excluding carboxylic acids is 1. The van der Waals surface area contributed by atoms with Crippen LogP contribution in [0.25, 0.3) is 11.3 Å². The molecule has 0 saturated carbocycles. The van der Waals surface area contributed by atoms with Crippen LogP contribution in [0.5, 0.6) is 23.0 Å². The Hall–Kier alpha value is -4.01. The van der Waals surface area contributed by atoms with Gasteiger partial charge < -0.3 is 28.7 Å². The summed E-state index contributed by atoms with van der Waals surface area (Å²) in [5.74, 6) is 3.45. The van der Waals surface area contributed by atoms with Crippen LogP contribution in [-0.4, -0.2) is 67.2 Å². The first-order chi connectivity index (χ1) is 16.6. The molecule has 2 aromatic carbocycles. The first kappa shape index (κ1) is 21.8. The van der Waals surface area contributed by atoms with Crippen molar-refractivity contribution in [1.82, 2.24) is 15.1 Å². The number of benzene rings is 2. The van der Waals surface area contributed by atoms with E-state index in [0.717, 1.165) is 22.8 Å². The average Bonchev–Trinajstić information content (AvgIpc) is 3.36. The van der Waals surface area contributed by atoms with Crippen LogP contribution in [0.1, 0.15) is 6.92 Å². The zero-order valence-electron chi connectivity index (χ0n) is 19.1. The minimum absolute atomic E-state index is 0.0433. The van der Waals surface area contributed by atoms with Crippen LogP contribution in [0.3, 0.4) is 0 Å². The SMILES string of the molecule is COc1ccc(-c2ccc(N3CCN(C(=O)C(C)Oc4ccc5c(c4)OCO5)CC3)nn2)cc1. The highest BCUT2D eigenvalue weighted by molar-refractivity contribution is 5.81. The van der Waals surface area contributed by atoms with Crippen molar-refractivity contribution in [2.45, 2.75) is 13.0 Å². The molecule has 0 N–H and O–H groups in total. The Kier molecular flexibility index (Phi) is 6.07. The topological polar surface area (TPSA) is 86.3 Å². The molecular formula is C25H26N4O5. The number of hydrogen-bond donors (Lipinski definition) is 0. The summed E-state index contributed by atoms with van der Waals surface area (Å²) in [6.07, 6.45) is -0.601. The summed E-state index contributed by atoms with van der Waals surface area (Å²) >= 11 is 0. The Balaban J connectivity index is 1.15. The van der Waals surface area contributed by atoms with Crippen molar-refractivity contribution in [2.24, 2.45) is 0 Å². The van der Waals surface area contributed by atoms with Crippen LogP contribution < -0.4 is 23.8 Å². The summed E-state index contributed by atoms with van der Waals surface area (Å²) in [6.45, 7) is 4.51. The molecule has 5 rings (SSSR count). The summed E-state index contributed by atoms with van der Waals surface area (Å²) in [5.41, 5.74) is 1.78. The molecule has 9 nitrogen and oxygen atoms in total. The molecule has 0 spiro atoms. The minimum Gasteiger partial charge on any atom is -0.497 e. The number of methoxy groups -OCH3 is 1. The molecule has 2 aliphatic heterocycles. The van der Waals surface area contributed by atoms with Crippen LogP contribution in [0.15, 0.2) is 54.6 Å². The quantitative estimate of drug-likeness (QED) is 0.553. The van der Waals surface area contributed by atoms with E-state index in [1.165, 1.54) is 0 Å². The van der Waals surface area contributed by atoms with E-state index in [4.69, 9.17) is 18.9 Å². The molecule has 0 aliphatic carbocycles. The number of rotatable bonds is 6. The summed E-state index contributed by atoms with van der Waals surface area (Å²) in [6, 6.07) is 17.0. The van der Waals surface area contributed by atoms with E-state index < -0.39 is 6.10 Å². The van der Waals surface area contributed by atoms with Crippen LogP contribution in [-0.2, 0) is 4.79 Å². The van der Waals surface area contributed by atoms with Crippen molar-refractivity contribution >= 4 is 11.7 Å². The van der Waals surface area contributed by atoms with E-state index in [1.54, 1.807) is 32.2 Å². The molecule has 1 atom stereocenters. The van der Waals surface area contributed by atoms with Crippen molar-refractivity contribution in [2.75, 3.05) is 45.0 Å². The highest BCUT2D eigenvalue weighted by atomic mass is 16.7.